The molecule has 2 fully saturated rings. The molecule has 25 heteroatoms. The van der Waals surface area contributed by atoms with Gasteiger partial charge >= 0.3 is 30.3 Å². The normalized spacial score (nSPS) is 16.8. The Morgan fingerprint density at radius 1 is 0.833 bits per heavy atom. The molecule has 2 atom stereocenters. The van der Waals surface area contributed by atoms with Crippen molar-refractivity contribution in [1.82, 2.24) is 45.0 Å². The molecule has 294 valence electrons. The number of carboxylic acid groups (broad SMARTS) is 1. The van der Waals surface area contributed by atoms with E-state index < -0.39 is 23.8 Å². The molecule has 54 heavy (non-hydrogen) atoms. The van der Waals surface area contributed by atoms with E-state index in [-0.39, 0.29) is 24.1 Å². The number of nitrogens with one attached hydrogen (secondary N) is 3. The van der Waals surface area contributed by atoms with E-state index in [2.05, 4.69) is 45.9 Å². The van der Waals surface area contributed by atoms with Crippen molar-refractivity contribution in [2.24, 2.45) is 5.73 Å². The van der Waals surface area contributed by atoms with Gasteiger partial charge in [0, 0.05) is 32.2 Å². The second-order valence-electron chi connectivity index (χ2n) is 12.3. The van der Waals surface area contributed by atoms with Crippen molar-refractivity contribution < 1.29 is 51.7 Å². The number of nitrogens with two attached hydrogens (primary N) is 1. The van der Waals surface area contributed by atoms with Gasteiger partial charge in [-0.3, -0.25) is 10.6 Å². The summed E-state index contributed by atoms with van der Waals surface area (Å²) >= 11 is 2.52. The SMILES string of the molecule is COc1ncnc2sc(NC(=O)N3CC[C@H](N)C3)nc12.COc1ncnc2sc(NC(=O)N3CC[C@H](NC(=O)OC(C)(C)C)C3)nc12.O=C(O)C(F)(F)F. The number of carboxylic acids is 1. The Kier molecular flexibility index (Phi) is 13.5. The Bertz CT molecular complexity index is 1960. The first kappa shape index (κ1) is 41.3. The number of urea groups is 2. The maximum atomic E-state index is 12.5. The fourth-order valence-electron chi connectivity index (χ4n) is 4.72. The lowest BCUT2D eigenvalue weighted by Gasteiger charge is -2.22. The van der Waals surface area contributed by atoms with E-state index in [4.69, 9.17) is 29.8 Å². The third-order valence-electron chi connectivity index (χ3n) is 7.09. The number of thiazole rings is 2. The van der Waals surface area contributed by atoms with Gasteiger partial charge in [-0.15, -0.1) is 0 Å². The number of amides is 5. The summed E-state index contributed by atoms with van der Waals surface area (Å²) < 4.78 is 47.2. The van der Waals surface area contributed by atoms with Crippen LogP contribution in [0.3, 0.4) is 0 Å². The fraction of sp³-hybridized carbons (Fsp3) is 0.517. The van der Waals surface area contributed by atoms with Crippen LogP contribution in [0.4, 0.5) is 37.8 Å². The molecule has 4 aromatic rings. The molecule has 0 spiro atoms. The minimum atomic E-state index is -5.08. The number of likely N-dealkylation sites (tertiary alicyclic amines) is 2. The molecule has 2 aliphatic heterocycles. The number of aliphatic carboxylic acids is 1. The quantitative estimate of drug-likeness (QED) is 0.193. The van der Waals surface area contributed by atoms with Gasteiger partial charge in [-0.1, -0.05) is 22.7 Å². The number of hydrogen-bond acceptors (Lipinski definition) is 16. The topological polar surface area (TPSA) is 262 Å². The molecule has 2 aliphatic rings. The second kappa shape index (κ2) is 17.6. The average molecular weight is 803 g/mol. The molecule has 0 unspecified atom stereocenters. The van der Waals surface area contributed by atoms with Crippen LogP contribution in [0.5, 0.6) is 11.8 Å². The Morgan fingerprint density at radius 2 is 1.30 bits per heavy atom. The summed E-state index contributed by atoms with van der Waals surface area (Å²) in [5.74, 6) is -2.00. The first-order valence-corrected chi connectivity index (χ1v) is 17.5. The molecule has 4 aromatic heterocycles. The van der Waals surface area contributed by atoms with Gasteiger partial charge in [0.2, 0.25) is 11.8 Å². The highest BCUT2D eigenvalue weighted by molar-refractivity contribution is 7.22. The van der Waals surface area contributed by atoms with Crippen LogP contribution >= 0.6 is 22.7 Å². The highest BCUT2D eigenvalue weighted by Crippen LogP contribution is 2.30. The zero-order valence-electron chi connectivity index (χ0n) is 29.5. The summed E-state index contributed by atoms with van der Waals surface area (Å²) in [7, 11) is 3.02. The summed E-state index contributed by atoms with van der Waals surface area (Å²) in [6.07, 6.45) is -1.28. The number of ether oxygens (including phenoxy) is 3. The highest BCUT2D eigenvalue weighted by atomic mass is 32.1. The number of alkyl carbamates (subject to hydrolysis) is 1. The summed E-state index contributed by atoms with van der Waals surface area (Å²) in [6, 6.07) is -0.563. The van der Waals surface area contributed by atoms with Gasteiger partial charge in [-0.25, -0.2) is 39.1 Å². The summed E-state index contributed by atoms with van der Waals surface area (Å²) in [4.78, 5) is 74.7. The number of aromatic nitrogens is 6. The second-order valence-corrected chi connectivity index (χ2v) is 14.3. The van der Waals surface area contributed by atoms with Crippen molar-refractivity contribution in [2.45, 2.75) is 57.5 Å². The molecule has 6 N–H and O–H groups in total. The Morgan fingerprint density at radius 3 is 1.70 bits per heavy atom. The molecule has 0 bridgehead atoms. The standard InChI is InChI=1S/C16H22N6O4S.C11H14N6O2S.C2HF3O2/c1-16(2,3)26-15(24)19-9-5-6-22(7-9)14(23)21-13-20-10-11(25-4)17-8-18-12(10)27-13;1-19-8-7-9(14-5-13-8)20-10(15-7)16-11(18)17-3-2-6(12)4-17;3-2(4,5)1(6)7/h8-9H,5-7H2,1-4H3,(H,19,24)(H,20,21,23);5-6H,2-4,12H2,1H3,(H,15,16,18);(H,6,7)/t9-;6-;/m00./s1. The first-order chi connectivity index (χ1) is 25.4. The number of carbonyl (C=O) groups excluding carboxylic acids is 3. The molecule has 5 amide bonds. The molecule has 6 heterocycles. The number of anilines is 2. The third kappa shape index (κ3) is 11.5. The monoisotopic (exact) mass is 802 g/mol. The lowest BCUT2D eigenvalue weighted by molar-refractivity contribution is -0.192. The number of alkyl halides is 3. The van der Waals surface area contributed by atoms with Gasteiger partial charge in [-0.05, 0) is 33.6 Å². The minimum absolute atomic E-state index is 0.0575. The smallest absolute Gasteiger partial charge is 0.479 e. The zero-order valence-corrected chi connectivity index (χ0v) is 31.1. The number of carbonyl (C=O) groups is 4. The predicted molar refractivity (Wildman–Crippen MR) is 189 cm³/mol. The van der Waals surface area contributed by atoms with E-state index in [9.17, 15) is 27.6 Å². The van der Waals surface area contributed by atoms with E-state index in [1.54, 1.807) is 30.6 Å². The van der Waals surface area contributed by atoms with Crippen LogP contribution in [-0.2, 0) is 9.53 Å². The number of halogens is 3. The Balaban J connectivity index is 0.000000211. The molecule has 0 radical (unpaired) electrons. The van der Waals surface area contributed by atoms with Crippen LogP contribution in [0, 0.1) is 0 Å². The van der Waals surface area contributed by atoms with E-state index >= 15 is 0 Å². The van der Waals surface area contributed by atoms with Crippen molar-refractivity contribution in [3.63, 3.8) is 0 Å². The molecular formula is C29H37F3N12O8S2. The fourth-order valence-corrected chi connectivity index (χ4v) is 6.30. The lowest BCUT2D eigenvalue weighted by Crippen LogP contribution is -2.42. The van der Waals surface area contributed by atoms with Gasteiger partial charge in [0.05, 0.1) is 20.3 Å². The highest BCUT2D eigenvalue weighted by Gasteiger charge is 2.38. The predicted octanol–water partition coefficient (Wildman–Crippen LogP) is 3.52. The third-order valence-corrected chi connectivity index (χ3v) is 8.85. The number of fused-ring (bicyclic) bond motifs is 2. The van der Waals surface area contributed by atoms with Crippen molar-refractivity contribution in [3.8, 4) is 11.8 Å². The number of hydrogen-bond donors (Lipinski definition) is 5. The van der Waals surface area contributed by atoms with Gasteiger partial charge in [0.1, 0.15) is 18.3 Å². The van der Waals surface area contributed by atoms with Crippen LogP contribution in [0.1, 0.15) is 33.6 Å². The molecular weight excluding hydrogens is 766 g/mol. The summed E-state index contributed by atoms with van der Waals surface area (Å²) in [5.41, 5.74) is 6.28. The lowest BCUT2D eigenvalue weighted by atomic mass is 10.2. The maximum absolute atomic E-state index is 12.5. The molecule has 6 rings (SSSR count). The van der Waals surface area contributed by atoms with E-state index in [0.29, 0.717) is 75.3 Å². The van der Waals surface area contributed by atoms with Crippen molar-refractivity contribution in [3.05, 3.63) is 12.7 Å². The zero-order chi connectivity index (χ0) is 39.8. The van der Waals surface area contributed by atoms with Gasteiger partial charge in [0.25, 0.3) is 0 Å². The van der Waals surface area contributed by atoms with Crippen molar-refractivity contribution >= 4 is 77.8 Å². The van der Waals surface area contributed by atoms with Crippen LogP contribution in [-0.4, -0.2) is 133 Å². The first-order valence-electron chi connectivity index (χ1n) is 15.8. The Hall–Kier alpha value is -5.43. The molecule has 0 saturated carbocycles. The van der Waals surface area contributed by atoms with Crippen molar-refractivity contribution in [1.29, 1.82) is 0 Å². The van der Waals surface area contributed by atoms with E-state index in [1.807, 2.05) is 0 Å². The van der Waals surface area contributed by atoms with Crippen LogP contribution in [0.2, 0.25) is 0 Å². The van der Waals surface area contributed by atoms with Gasteiger partial charge < -0.3 is 40.2 Å². The number of nitrogens with zero attached hydrogens (tertiary/aromatic N) is 8. The van der Waals surface area contributed by atoms with Crippen LogP contribution < -0.4 is 31.2 Å². The van der Waals surface area contributed by atoms with Crippen LogP contribution in [0.15, 0.2) is 12.7 Å². The maximum Gasteiger partial charge on any atom is 0.490 e. The van der Waals surface area contributed by atoms with Crippen molar-refractivity contribution in [2.75, 3.05) is 51.0 Å². The molecule has 2 saturated heterocycles. The number of rotatable bonds is 5. The summed E-state index contributed by atoms with van der Waals surface area (Å²) in [5, 5.41) is 16.3. The molecule has 0 aromatic carbocycles. The Labute approximate surface area is 312 Å². The molecule has 20 nitrogen and oxygen atoms in total. The van der Waals surface area contributed by atoms with Crippen LogP contribution in [0.25, 0.3) is 20.7 Å². The largest absolute Gasteiger partial charge is 0.490 e. The van der Waals surface area contributed by atoms with Gasteiger partial charge in [-0.2, -0.15) is 23.1 Å². The minimum Gasteiger partial charge on any atom is -0.479 e. The summed E-state index contributed by atoms with van der Waals surface area (Å²) in [6.45, 7) is 7.58. The average Bonchev–Trinajstić information content (AvgIpc) is 3.90. The van der Waals surface area contributed by atoms with E-state index in [0.717, 1.165) is 6.42 Å². The van der Waals surface area contributed by atoms with Gasteiger partial charge in [0.15, 0.2) is 31.0 Å². The molecule has 0 aliphatic carbocycles. The van der Waals surface area contributed by atoms with E-state index in [1.165, 1.54) is 49.5 Å². The number of methoxy groups -OCH3 is 2.